The number of hydrogen-bond donors (Lipinski definition) is 1. The van der Waals surface area contributed by atoms with Crippen LogP contribution in [-0.4, -0.2) is 16.0 Å². The van der Waals surface area contributed by atoms with Gasteiger partial charge in [-0.25, -0.2) is 9.97 Å². The monoisotopic (exact) mass is 267 g/mol. The molecule has 1 aromatic rings. The highest BCUT2D eigenvalue weighted by atomic mass is 35.5. The summed E-state index contributed by atoms with van der Waals surface area (Å²) in [5.74, 6) is 2.38. The van der Waals surface area contributed by atoms with Crippen molar-refractivity contribution in [2.45, 2.75) is 58.9 Å². The van der Waals surface area contributed by atoms with E-state index in [1.54, 1.807) is 0 Å². The minimum absolute atomic E-state index is 0.453. The van der Waals surface area contributed by atoms with Crippen LogP contribution in [-0.2, 0) is 0 Å². The van der Waals surface area contributed by atoms with Crippen LogP contribution in [0.5, 0.6) is 0 Å². The minimum Gasteiger partial charge on any atom is -0.367 e. The average molecular weight is 268 g/mol. The van der Waals surface area contributed by atoms with E-state index >= 15 is 0 Å². The van der Waals surface area contributed by atoms with Crippen LogP contribution in [0.25, 0.3) is 0 Å². The Morgan fingerprint density at radius 2 is 1.83 bits per heavy atom. The van der Waals surface area contributed by atoms with Gasteiger partial charge < -0.3 is 5.32 Å². The van der Waals surface area contributed by atoms with Gasteiger partial charge >= 0.3 is 0 Å². The molecule has 100 valence electrons. The van der Waals surface area contributed by atoms with Crippen LogP contribution >= 0.6 is 11.6 Å². The third-order valence-electron chi connectivity index (χ3n) is 3.92. The van der Waals surface area contributed by atoms with Crippen molar-refractivity contribution in [1.29, 1.82) is 0 Å². The predicted octanol–water partition coefficient (Wildman–Crippen LogP) is 4.13. The number of aromatic nitrogens is 2. The van der Waals surface area contributed by atoms with Crippen LogP contribution in [0.4, 0.5) is 5.82 Å². The van der Waals surface area contributed by atoms with Gasteiger partial charge in [0, 0.05) is 11.6 Å². The number of rotatable bonds is 3. The molecule has 1 N–H and O–H groups in total. The van der Waals surface area contributed by atoms with Crippen molar-refractivity contribution in [2.24, 2.45) is 5.92 Å². The molecule has 0 bridgehead atoms. The molecule has 0 radical (unpaired) electrons. The van der Waals surface area contributed by atoms with Crippen molar-refractivity contribution >= 4 is 17.4 Å². The molecular formula is C14H22ClN3. The van der Waals surface area contributed by atoms with E-state index in [2.05, 4.69) is 22.2 Å². The smallest absolute Gasteiger partial charge is 0.137 e. The Morgan fingerprint density at radius 1 is 1.17 bits per heavy atom. The topological polar surface area (TPSA) is 37.8 Å². The molecule has 18 heavy (non-hydrogen) atoms. The first kappa shape index (κ1) is 13.6. The van der Waals surface area contributed by atoms with Gasteiger partial charge in [-0.3, -0.25) is 0 Å². The Labute approximate surface area is 114 Å². The van der Waals surface area contributed by atoms with Gasteiger partial charge in [0.2, 0.25) is 0 Å². The van der Waals surface area contributed by atoms with Gasteiger partial charge in [-0.05, 0) is 39.5 Å². The Kier molecular flexibility index (Phi) is 4.44. The Hall–Kier alpha value is -0.830. The lowest BCUT2D eigenvalue weighted by molar-refractivity contribution is 0.328. The second-order valence-corrected chi connectivity index (χ2v) is 5.72. The lowest BCUT2D eigenvalue weighted by Crippen LogP contribution is -2.28. The number of nitrogens with one attached hydrogen (secondary N) is 1. The summed E-state index contributed by atoms with van der Waals surface area (Å²) in [6.45, 7) is 6.10. The quantitative estimate of drug-likeness (QED) is 0.837. The molecule has 0 amide bonds. The van der Waals surface area contributed by atoms with Crippen LogP contribution in [0.15, 0.2) is 0 Å². The molecule has 1 aliphatic carbocycles. The number of nitrogens with zero attached hydrogens (tertiary/aromatic N) is 2. The fourth-order valence-electron chi connectivity index (χ4n) is 2.70. The lowest BCUT2D eigenvalue weighted by atomic mass is 9.84. The Balaban J connectivity index is 2.08. The highest BCUT2D eigenvalue weighted by Crippen LogP contribution is 2.29. The highest BCUT2D eigenvalue weighted by molar-refractivity contribution is 6.30. The summed E-state index contributed by atoms with van der Waals surface area (Å²) in [6.07, 6.45) is 6.76. The molecule has 1 unspecified atom stereocenters. The molecule has 1 heterocycles. The Bertz CT molecular complexity index is 414. The van der Waals surface area contributed by atoms with Crippen LogP contribution in [0.3, 0.4) is 0 Å². The molecule has 0 aromatic carbocycles. The molecule has 1 aromatic heterocycles. The predicted molar refractivity (Wildman–Crippen MR) is 76.2 cm³/mol. The molecule has 1 fully saturated rings. The summed E-state index contributed by atoms with van der Waals surface area (Å²) in [5.41, 5.74) is 0.949. The largest absolute Gasteiger partial charge is 0.367 e. The molecular weight excluding hydrogens is 246 g/mol. The van der Waals surface area contributed by atoms with E-state index in [0.717, 1.165) is 23.1 Å². The highest BCUT2D eigenvalue weighted by Gasteiger charge is 2.21. The molecule has 3 nitrogen and oxygen atoms in total. The van der Waals surface area contributed by atoms with Crippen LogP contribution in [0.1, 0.15) is 50.4 Å². The zero-order chi connectivity index (χ0) is 13.1. The van der Waals surface area contributed by atoms with Gasteiger partial charge in [0.05, 0.1) is 0 Å². The molecule has 0 spiro atoms. The van der Waals surface area contributed by atoms with Crippen molar-refractivity contribution in [3.8, 4) is 0 Å². The fraction of sp³-hybridized carbons (Fsp3) is 0.714. The van der Waals surface area contributed by atoms with Crippen molar-refractivity contribution in [3.05, 3.63) is 16.5 Å². The first-order chi connectivity index (χ1) is 8.58. The number of aryl methyl sites for hydroxylation is 1. The summed E-state index contributed by atoms with van der Waals surface area (Å²) in [7, 11) is 0. The third kappa shape index (κ3) is 3.14. The maximum atomic E-state index is 6.10. The van der Waals surface area contributed by atoms with E-state index < -0.39 is 0 Å². The fourth-order valence-corrected chi connectivity index (χ4v) is 2.91. The van der Waals surface area contributed by atoms with E-state index in [1.807, 2.05) is 13.8 Å². The van der Waals surface area contributed by atoms with E-state index in [1.165, 1.54) is 32.1 Å². The average Bonchev–Trinajstić information content (AvgIpc) is 2.36. The van der Waals surface area contributed by atoms with Crippen LogP contribution in [0.2, 0.25) is 5.15 Å². The maximum absolute atomic E-state index is 6.10. The molecule has 1 saturated carbocycles. The van der Waals surface area contributed by atoms with Crippen molar-refractivity contribution in [2.75, 3.05) is 5.32 Å². The summed E-state index contributed by atoms with van der Waals surface area (Å²) in [6, 6.07) is 0.453. The third-order valence-corrected chi connectivity index (χ3v) is 4.29. The van der Waals surface area contributed by atoms with Crippen molar-refractivity contribution < 1.29 is 0 Å². The molecule has 1 atom stereocenters. The maximum Gasteiger partial charge on any atom is 0.137 e. The zero-order valence-electron chi connectivity index (χ0n) is 11.5. The summed E-state index contributed by atoms with van der Waals surface area (Å²) in [4.78, 5) is 8.63. The number of halogens is 1. The summed E-state index contributed by atoms with van der Waals surface area (Å²) in [5, 5.41) is 4.08. The van der Waals surface area contributed by atoms with Gasteiger partial charge in [-0.15, -0.1) is 0 Å². The lowest BCUT2D eigenvalue weighted by Gasteiger charge is -2.29. The molecule has 0 saturated heterocycles. The molecule has 0 aliphatic heterocycles. The van der Waals surface area contributed by atoms with Gasteiger partial charge in [0.25, 0.3) is 0 Å². The van der Waals surface area contributed by atoms with E-state index in [-0.39, 0.29) is 0 Å². The number of hydrogen-bond acceptors (Lipinski definition) is 3. The van der Waals surface area contributed by atoms with Gasteiger partial charge in [-0.2, -0.15) is 0 Å². The van der Waals surface area contributed by atoms with Gasteiger partial charge in [0.1, 0.15) is 16.8 Å². The first-order valence-corrected chi connectivity index (χ1v) is 7.23. The standard InChI is InChI=1S/C14H22ClN3/c1-9-13(15)17-11(3)18-14(9)16-10(2)12-7-5-4-6-8-12/h10,12H,4-8H2,1-3H3,(H,16,17,18). The number of anilines is 1. The zero-order valence-corrected chi connectivity index (χ0v) is 12.2. The molecule has 4 heteroatoms. The van der Waals surface area contributed by atoms with Crippen LogP contribution < -0.4 is 5.32 Å². The molecule has 2 rings (SSSR count). The second kappa shape index (κ2) is 5.87. The van der Waals surface area contributed by atoms with E-state index in [9.17, 15) is 0 Å². The van der Waals surface area contributed by atoms with Crippen molar-refractivity contribution in [1.82, 2.24) is 9.97 Å². The SMILES string of the molecule is Cc1nc(Cl)c(C)c(NC(C)C2CCCCC2)n1. The van der Waals surface area contributed by atoms with Crippen molar-refractivity contribution in [3.63, 3.8) is 0 Å². The second-order valence-electron chi connectivity index (χ2n) is 5.37. The van der Waals surface area contributed by atoms with Crippen LogP contribution in [0, 0.1) is 19.8 Å². The Morgan fingerprint density at radius 3 is 2.50 bits per heavy atom. The summed E-state index contributed by atoms with van der Waals surface area (Å²) < 4.78 is 0. The summed E-state index contributed by atoms with van der Waals surface area (Å²) >= 11 is 6.10. The minimum atomic E-state index is 0.453. The normalized spacial score (nSPS) is 18.7. The van der Waals surface area contributed by atoms with E-state index in [0.29, 0.717) is 11.2 Å². The first-order valence-electron chi connectivity index (χ1n) is 6.85. The van der Waals surface area contributed by atoms with E-state index in [4.69, 9.17) is 11.6 Å². The van der Waals surface area contributed by atoms with Gasteiger partial charge in [0.15, 0.2) is 0 Å². The van der Waals surface area contributed by atoms with Gasteiger partial charge in [-0.1, -0.05) is 30.9 Å². The molecule has 1 aliphatic rings.